The zero-order valence-corrected chi connectivity index (χ0v) is 13.4. The predicted octanol–water partition coefficient (Wildman–Crippen LogP) is 3.87. The van der Waals surface area contributed by atoms with Crippen molar-refractivity contribution in [3.63, 3.8) is 0 Å². The first-order valence-electron chi connectivity index (χ1n) is 7.61. The molecule has 0 amide bonds. The average Bonchev–Trinajstić information content (AvgIpc) is 2.24. The van der Waals surface area contributed by atoms with Crippen molar-refractivity contribution in [1.82, 2.24) is 4.98 Å². The standard InChI is InChI=1S/C17H28N2O/c1-12(2)20-15-6-14(9-19-10-15)17(18)8-13(3)7-16(4,5)11-17/h6,9-10,12-13H,7-8,11,18H2,1-5H3. The number of rotatable bonds is 3. The molecular weight excluding hydrogens is 248 g/mol. The van der Waals surface area contributed by atoms with Crippen molar-refractivity contribution in [3.8, 4) is 5.75 Å². The van der Waals surface area contributed by atoms with Gasteiger partial charge < -0.3 is 10.5 Å². The minimum atomic E-state index is -0.287. The normalized spacial score (nSPS) is 29.4. The number of ether oxygens (including phenoxy) is 1. The summed E-state index contributed by atoms with van der Waals surface area (Å²) in [7, 11) is 0. The van der Waals surface area contributed by atoms with Crippen molar-refractivity contribution in [1.29, 1.82) is 0 Å². The molecule has 3 heteroatoms. The van der Waals surface area contributed by atoms with Crippen LogP contribution in [0.5, 0.6) is 5.75 Å². The summed E-state index contributed by atoms with van der Waals surface area (Å²) in [5.41, 5.74) is 7.85. The molecule has 0 bridgehead atoms. The van der Waals surface area contributed by atoms with E-state index in [0.29, 0.717) is 5.92 Å². The maximum atomic E-state index is 6.75. The number of hydrogen-bond acceptors (Lipinski definition) is 3. The molecule has 112 valence electrons. The third kappa shape index (κ3) is 3.51. The minimum Gasteiger partial charge on any atom is -0.489 e. The first-order valence-corrected chi connectivity index (χ1v) is 7.61. The summed E-state index contributed by atoms with van der Waals surface area (Å²) in [6, 6.07) is 2.07. The molecule has 2 N–H and O–H groups in total. The molecular formula is C17H28N2O. The molecule has 2 atom stereocenters. The van der Waals surface area contributed by atoms with Gasteiger partial charge in [-0.05, 0) is 56.1 Å². The van der Waals surface area contributed by atoms with Crippen LogP contribution in [-0.2, 0) is 5.54 Å². The molecule has 1 aliphatic carbocycles. The summed E-state index contributed by atoms with van der Waals surface area (Å²) in [4.78, 5) is 4.33. The maximum absolute atomic E-state index is 6.75. The molecule has 2 unspecified atom stereocenters. The Labute approximate surface area is 122 Å². The second kappa shape index (κ2) is 5.36. The van der Waals surface area contributed by atoms with Crippen molar-refractivity contribution in [3.05, 3.63) is 24.0 Å². The molecule has 3 nitrogen and oxygen atoms in total. The highest BCUT2D eigenvalue weighted by Crippen LogP contribution is 2.47. The Morgan fingerprint density at radius 1 is 1.30 bits per heavy atom. The summed E-state index contributed by atoms with van der Waals surface area (Å²) in [5.74, 6) is 1.46. The lowest BCUT2D eigenvalue weighted by Gasteiger charge is -2.45. The van der Waals surface area contributed by atoms with E-state index in [1.807, 2.05) is 20.0 Å². The topological polar surface area (TPSA) is 48.1 Å². The van der Waals surface area contributed by atoms with Crippen molar-refractivity contribution in [2.45, 2.75) is 65.5 Å². The van der Waals surface area contributed by atoms with Crippen LogP contribution in [0.3, 0.4) is 0 Å². The van der Waals surface area contributed by atoms with Gasteiger partial charge in [0.15, 0.2) is 0 Å². The molecule has 0 radical (unpaired) electrons. The van der Waals surface area contributed by atoms with E-state index in [9.17, 15) is 0 Å². The van der Waals surface area contributed by atoms with Crippen LogP contribution in [0, 0.1) is 11.3 Å². The molecule has 1 saturated carbocycles. The van der Waals surface area contributed by atoms with Gasteiger partial charge in [0.25, 0.3) is 0 Å². The van der Waals surface area contributed by atoms with Gasteiger partial charge in [-0.25, -0.2) is 0 Å². The molecule has 2 rings (SSSR count). The highest BCUT2D eigenvalue weighted by atomic mass is 16.5. The van der Waals surface area contributed by atoms with E-state index in [-0.39, 0.29) is 17.1 Å². The van der Waals surface area contributed by atoms with Gasteiger partial charge in [-0.15, -0.1) is 0 Å². The maximum Gasteiger partial charge on any atom is 0.138 e. The number of pyridine rings is 1. The molecule has 1 aromatic rings. The number of nitrogens with two attached hydrogens (primary N) is 1. The third-order valence-corrected chi connectivity index (χ3v) is 4.07. The first-order chi connectivity index (χ1) is 9.20. The summed E-state index contributed by atoms with van der Waals surface area (Å²) in [6.45, 7) is 11.0. The number of aromatic nitrogens is 1. The molecule has 0 saturated heterocycles. The van der Waals surface area contributed by atoms with Gasteiger partial charge in [0.05, 0.1) is 12.3 Å². The molecule has 0 aliphatic heterocycles. The highest BCUT2D eigenvalue weighted by Gasteiger charge is 2.41. The highest BCUT2D eigenvalue weighted by molar-refractivity contribution is 5.30. The van der Waals surface area contributed by atoms with Crippen LogP contribution in [0.1, 0.15) is 59.4 Å². The Balaban J connectivity index is 2.29. The minimum absolute atomic E-state index is 0.155. The van der Waals surface area contributed by atoms with Gasteiger partial charge >= 0.3 is 0 Å². The van der Waals surface area contributed by atoms with E-state index < -0.39 is 0 Å². The van der Waals surface area contributed by atoms with Gasteiger partial charge in [-0.3, -0.25) is 4.98 Å². The summed E-state index contributed by atoms with van der Waals surface area (Å²) >= 11 is 0. The van der Waals surface area contributed by atoms with Crippen LogP contribution in [0.4, 0.5) is 0 Å². The van der Waals surface area contributed by atoms with Crippen molar-refractivity contribution in [2.24, 2.45) is 17.1 Å². The van der Waals surface area contributed by atoms with Crippen LogP contribution < -0.4 is 10.5 Å². The van der Waals surface area contributed by atoms with Crippen LogP contribution in [0.2, 0.25) is 0 Å². The molecule has 0 aromatic carbocycles. The number of hydrogen-bond donors (Lipinski definition) is 1. The molecule has 1 fully saturated rings. The van der Waals surface area contributed by atoms with Crippen LogP contribution in [0.25, 0.3) is 0 Å². The van der Waals surface area contributed by atoms with Crippen LogP contribution >= 0.6 is 0 Å². The van der Waals surface area contributed by atoms with E-state index in [1.165, 1.54) is 6.42 Å². The lowest BCUT2D eigenvalue weighted by atomic mass is 9.63. The second-order valence-corrected chi connectivity index (χ2v) is 7.59. The fourth-order valence-electron chi connectivity index (χ4n) is 3.88. The Bertz CT molecular complexity index is 470. The van der Waals surface area contributed by atoms with Crippen molar-refractivity contribution in [2.75, 3.05) is 0 Å². The first kappa shape index (κ1) is 15.3. The summed E-state index contributed by atoms with van der Waals surface area (Å²) in [6.07, 6.45) is 7.08. The van der Waals surface area contributed by atoms with Crippen LogP contribution in [0.15, 0.2) is 18.5 Å². The van der Waals surface area contributed by atoms with Crippen molar-refractivity contribution < 1.29 is 4.74 Å². The van der Waals surface area contributed by atoms with E-state index in [0.717, 1.165) is 24.2 Å². The van der Waals surface area contributed by atoms with Gasteiger partial charge in [-0.2, -0.15) is 0 Å². The Morgan fingerprint density at radius 3 is 2.60 bits per heavy atom. The lowest BCUT2D eigenvalue weighted by molar-refractivity contribution is 0.107. The number of nitrogens with zero attached hydrogens (tertiary/aromatic N) is 1. The fraction of sp³-hybridized carbons (Fsp3) is 0.706. The van der Waals surface area contributed by atoms with E-state index in [1.54, 1.807) is 6.20 Å². The van der Waals surface area contributed by atoms with E-state index in [2.05, 4.69) is 31.8 Å². The van der Waals surface area contributed by atoms with Crippen LogP contribution in [-0.4, -0.2) is 11.1 Å². The van der Waals surface area contributed by atoms with E-state index >= 15 is 0 Å². The zero-order chi connectivity index (χ0) is 15.0. The zero-order valence-electron chi connectivity index (χ0n) is 13.4. The average molecular weight is 276 g/mol. The second-order valence-electron chi connectivity index (χ2n) is 7.59. The fourth-order valence-corrected chi connectivity index (χ4v) is 3.88. The SMILES string of the molecule is CC1CC(C)(C)CC(N)(c2cncc(OC(C)C)c2)C1. The Kier molecular flexibility index (Phi) is 4.10. The lowest BCUT2D eigenvalue weighted by Crippen LogP contribution is -2.46. The van der Waals surface area contributed by atoms with Gasteiger partial charge in [0, 0.05) is 11.7 Å². The Hall–Kier alpha value is -1.09. The quantitative estimate of drug-likeness (QED) is 0.911. The predicted molar refractivity (Wildman–Crippen MR) is 82.7 cm³/mol. The third-order valence-electron chi connectivity index (χ3n) is 4.07. The largest absolute Gasteiger partial charge is 0.489 e. The molecule has 0 spiro atoms. The van der Waals surface area contributed by atoms with Gasteiger partial charge in [-0.1, -0.05) is 20.8 Å². The summed E-state index contributed by atoms with van der Waals surface area (Å²) < 4.78 is 5.75. The Morgan fingerprint density at radius 2 is 2.00 bits per heavy atom. The molecule has 1 heterocycles. The van der Waals surface area contributed by atoms with E-state index in [4.69, 9.17) is 10.5 Å². The monoisotopic (exact) mass is 276 g/mol. The van der Waals surface area contributed by atoms with Gasteiger partial charge in [0.2, 0.25) is 0 Å². The smallest absolute Gasteiger partial charge is 0.138 e. The molecule has 1 aliphatic rings. The molecule has 1 aromatic heterocycles. The summed E-state index contributed by atoms with van der Waals surface area (Å²) in [5, 5.41) is 0. The molecule has 20 heavy (non-hydrogen) atoms. The van der Waals surface area contributed by atoms with Crippen molar-refractivity contribution >= 4 is 0 Å². The van der Waals surface area contributed by atoms with Gasteiger partial charge in [0.1, 0.15) is 5.75 Å².